The fourth-order valence-electron chi connectivity index (χ4n) is 3.79. The summed E-state index contributed by atoms with van der Waals surface area (Å²) < 4.78 is 11.0. The Balaban J connectivity index is 1.75. The highest BCUT2D eigenvalue weighted by molar-refractivity contribution is 6.30. The Morgan fingerprint density at radius 1 is 1.10 bits per heavy atom. The van der Waals surface area contributed by atoms with Crippen molar-refractivity contribution >= 4 is 17.3 Å². The molecule has 31 heavy (non-hydrogen) atoms. The summed E-state index contributed by atoms with van der Waals surface area (Å²) >= 11 is 6.08. The maximum atomic E-state index is 10.9. The smallest absolute Gasteiger partial charge is 0.162 e. The molecule has 6 heteroatoms. The Bertz CT molecular complexity index is 1080. The van der Waals surface area contributed by atoms with Crippen molar-refractivity contribution in [2.24, 2.45) is 4.99 Å². The molecule has 2 atom stereocenters. The van der Waals surface area contributed by atoms with Gasteiger partial charge in [-0.3, -0.25) is 10.3 Å². The fraction of sp³-hybridized carbons (Fsp3) is 0.240. The van der Waals surface area contributed by atoms with E-state index in [2.05, 4.69) is 5.32 Å². The summed E-state index contributed by atoms with van der Waals surface area (Å²) in [6.45, 7) is 2.38. The summed E-state index contributed by atoms with van der Waals surface area (Å²) in [7, 11) is 1.65. The van der Waals surface area contributed by atoms with Crippen LogP contribution in [-0.4, -0.2) is 24.5 Å². The number of aromatic hydroxyl groups is 1. The van der Waals surface area contributed by atoms with E-state index in [9.17, 15) is 5.11 Å². The van der Waals surface area contributed by atoms with E-state index in [1.165, 1.54) is 0 Å². The predicted octanol–water partition coefficient (Wildman–Crippen LogP) is 5.68. The predicted molar refractivity (Wildman–Crippen MR) is 123 cm³/mol. The van der Waals surface area contributed by atoms with Gasteiger partial charge in [0.05, 0.1) is 13.7 Å². The number of nitrogens with zero attached hydrogens (tertiary/aromatic N) is 1. The molecule has 0 saturated carbocycles. The molecule has 0 aliphatic carbocycles. The van der Waals surface area contributed by atoms with Crippen molar-refractivity contribution in [2.45, 2.75) is 25.6 Å². The zero-order chi connectivity index (χ0) is 21.8. The Labute approximate surface area is 187 Å². The van der Waals surface area contributed by atoms with Crippen LogP contribution in [0.2, 0.25) is 5.02 Å². The largest absolute Gasteiger partial charge is 0.504 e. The van der Waals surface area contributed by atoms with Gasteiger partial charge in [-0.2, -0.15) is 0 Å². The highest BCUT2D eigenvalue weighted by atomic mass is 35.5. The van der Waals surface area contributed by atoms with Crippen LogP contribution in [0, 0.1) is 0 Å². The highest BCUT2D eigenvalue weighted by Crippen LogP contribution is 2.39. The summed E-state index contributed by atoms with van der Waals surface area (Å²) in [6.07, 6.45) is 0.327. The minimum atomic E-state index is -0.285. The molecule has 0 amide bonds. The lowest BCUT2D eigenvalue weighted by Crippen LogP contribution is -2.33. The molecule has 1 aliphatic rings. The summed E-state index contributed by atoms with van der Waals surface area (Å²) in [5.74, 6) is 1.42. The van der Waals surface area contributed by atoms with Gasteiger partial charge in [0, 0.05) is 28.8 Å². The molecule has 1 heterocycles. The van der Waals surface area contributed by atoms with Gasteiger partial charge < -0.3 is 14.6 Å². The second-order valence-corrected chi connectivity index (χ2v) is 7.75. The number of rotatable bonds is 6. The number of phenolic OH excluding ortho intramolecular Hbond substituents is 1. The third-order valence-electron chi connectivity index (χ3n) is 5.34. The SMILES string of the molecule is CCOc1cccc(C2CC(c3cccc(OC)c3)=NC(c3ccc(Cl)cc3)N2)c1O. The van der Waals surface area contributed by atoms with Crippen molar-refractivity contribution in [3.05, 3.63) is 88.4 Å². The highest BCUT2D eigenvalue weighted by Gasteiger charge is 2.28. The van der Waals surface area contributed by atoms with Gasteiger partial charge in [-0.1, -0.05) is 48.0 Å². The van der Waals surface area contributed by atoms with Gasteiger partial charge in [0.25, 0.3) is 0 Å². The van der Waals surface area contributed by atoms with E-state index >= 15 is 0 Å². The molecule has 2 unspecified atom stereocenters. The van der Waals surface area contributed by atoms with Crippen molar-refractivity contribution in [1.82, 2.24) is 5.32 Å². The van der Waals surface area contributed by atoms with Crippen molar-refractivity contribution in [1.29, 1.82) is 0 Å². The van der Waals surface area contributed by atoms with Crippen molar-refractivity contribution in [3.63, 3.8) is 0 Å². The number of hydrogen-bond donors (Lipinski definition) is 2. The number of nitrogens with one attached hydrogen (secondary N) is 1. The van der Waals surface area contributed by atoms with E-state index in [1.807, 2.05) is 67.6 Å². The van der Waals surface area contributed by atoms with Gasteiger partial charge in [0.1, 0.15) is 11.9 Å². The van der Waals surface area contributed by atoms with Gasteiger partial charge in [0.2, 0.25) is 0 Å². The number of phenols is 1. The molecule has 0 saturated heterocycles. The Kier molecular flexibility index (Phi) is 6.44. The first-order valence-electron chi connectivity index (χ1n) is 10.3. The van der Waals surface area contributed by atoms with Crippen LogP contribution in [0.3, 0.4) is 0 Å². The quantitative estimate of drug-likeness (QED) is 0.522. The van der Waals surface area contributed by atoms with Gasteiger partial charge in [-0.25, -0.2) is 0 Å². The van der Waals surface area contributed by atoms with Crippen LogP contribution in [-0.2, 0) is 0 Å². The topological polar surface area (TPSA) is 63.1 Å². The zero-order valence-corrected chi connectivity index (χ0v) is 18.3. The first kappa shape index (κ1) is 21.2. The molecule has 0 spiro atoms. The van der Waals surface area contributed by atoms with Crippen molar-refractivity contribution in [3.8, 4) is 17.2 Å². The molecule has 5 nitrogen and oxygen atoms in total. The van der Waals surface area contributed by atoms with Crippen molar-refractivity contribution in [2.75, 3.05) is 13.7 Å². The maximum Gasteiger partial charge on any atom is 0.162 e. The number of methoxy groups -OCH3 is 1. The van der Waals surface area contributed by atoms with Gasteiger partial charge >= 0.3 is 0 Å². The van der Waals surface area contributed by atoms with Crippen LogP contribution in [0.25, 0.3) is 0 Å². The number of hydrogen-bond acceptors (Lipinski definition) is 5. The molecule has 0 radical (unpaired) electrons. The molecule has 3 aromatic carbocycles. The average Bonchev–Trinajstić information content (AvgIpc) is 2.81. The Hall–Kier alpha value is -3.02. The zero-order valence-electron chi connectivity index (χ0n) is 17.5. The summed E-state index contributed by atoms with van der Waals surface area (Å²) in [5.41, 5.74) is 3.70. The second-order valence-electron chi connectivity index (χ2n) is 7.31. The fourth-order valence-corrected chi connectivity index (χ4v) is 3.92. The molecule has 0 aromatic heterocycles. The first-order valence-corrected chi connectivity index (χ1v) is 10.6. The molecule has 1 aliphatic heterocycles. The summed E-state index contributed by atoms with van der Waals surface area (Å²) in [4.78, 5) is 4.99. The average molecular weight is 437 g/mol. The van der Waals surface area contributed by atoms with Crippen LogP contribution >= 0.6 is 11.6 Å². The first-order chi connectivity index (χ1) is 15.1. The van der Waals surface area contributed by atoms with Crippen LogP contribution in [0.15, 0.2) is 71.7 Å². The maximum absolute atomic E-state index is 10.9. The van der Waals surface area contributed by atoms with Crippen LogP contribution < -0.4 is 14.8 Å². The van der Waals surface area contributed by atoms with Crippen LogP contribution in [0.4, 0.5) is 0 Å². The third kappa shape index (κ3) is 4.68. The van der Waals surface area contributed by atoms with E-state index in [4.69, 9.17) is 26.1 Å². The molecular weight excluding hydrogens is 412 g/mol. The van der Waals surface area contributed by atoms with E-state index in [1.54, 1.807) is 13.2 Å². The van der Waals surface area contributed by atoms with E-state index in [-0.39, 0.29) is 18.0 Å². The number of halogens is 1. The standard InChI is InChI=1S/C25H25ClN2O3/c1-3-31-23-9-5-8-20(24(23)29)22-15-21(17-6-4-7-19(14-17)30-2)27-25(28-22)16-10-12-18(26)13-11-16/h4-14,22,25,28-29H,3,15H2,1-2H3. The molecule has 2 N–H and O–H groups in total. The van der Waals surface area contributed by atoms with Crippen LogP contribution in [0.5, 0.6) is 17.2 Å². The van der Waals surface area contributed by atoms with E-state index in [0.717, 1.165) is 28.2 Å². The monoisotopic (exact) mass is 436 g/mol. The number of aliphatic imine (C=N–C) groups is 1. The molecule has 160 valence electrons. The minimum absolute atomic E-state index is 0.153. The Morgan fingerprint density at radius 2 is 1.87 bits per heavy atom. The summed E-state index contributed by atoms with van der Waals surface area (Å²) in [6, 6.07) is 21.0. The lowest BCUT2D eigenvalue weighted by molar-refractivity contribution is 0.313. The number of para-hydroxylation sites is 1. The molecule has 0 fully saturated rings. The number of ether oxygens (including phenoxy) is 2. The van der Waals surface area contributed by atoms with Gasteiger partial charge in [-0.15, -0.1) is 0 Å². The Morgan fingerprint density at radius 3 is 2.61 bits per heavy atom. The normalized spacial score (nSPS) is 18.4. The van der Waals surface area contributed by atoms with Gasteiger partial charge in [0.15, 0.2) is 11.5 Å². The number of benzene rings is 3. The molecule has 3 aromatic rings. The third-order valence-corrected chi connectivity index (χ3v) is 5.59. The summed E-state index contributed by atoms with van der Waals surface area (Å²) in [5, 5.41) is 15.1. The molecular formula is C25H25ClN2O3. The van der Waals surface area contributed by atoms with E-state index < -0.39 is 0 Å². The van der Waals surface area contributed by atoms with Gasteiger partial charge in [-0.05, 0) is 48.4 Å². The van der Waals surface area contributed by atoms with Crippen LogP contribution in [0.1, 0.15) is 42.2 Å². The molecule has 4 rings (SSSR count). The van der Waals surface area contributed by atoms with Crippen molar-refractivity contribution < 1.29 is 14.6 Å². The lowest BCUT2D eigenvalue weighted by Gasteiger charge is -2.31. The minimum Gasteiger partial charge on any atom is -0.504 e. The second kappa shape index (κ2) is 9.41. The molecule has 0 bridgehead atoms. The lowest BCUT2D eigenvalue weighted by atomic mass is 9.93. The van der Waals surface area contributed by atoms with E-state index in [0.29, 0.717) is 23.8 Å².